The highest BCUT2D eigenvalue weighted by molar-refractivity contribution is 7.88. The molecule has 0 heterocycles. The summed E-state index contributed by atoms with van der Waals surface area (Å²) in [6, 6.07) is 8.02. The number of nitrogens with one attached hydrogen (secondary N) is 1. The molecule has 0 amide bonds. The molecule has 15 heavy (non-hydrogen) atoms. The number of fused-ring (bicyclic) bond motifs is 1. The number of benzene rings is 1. The SMILES string of the molecule is C[S+]([O-])N[C@@H]1CCc2cc(C#N)ccc21. The molecule has 1 N–H and O–H groups in total. The van der Waals surface area contributed by atoms with Gasteiger partial charge in [0.25, 0.3) is 0 Å². The van der Waals surface area contributed by atoms with Crippen LogP contribution < -0.4 is 4.72 Å². The molecule has 0 spiro atoms. The smallest absolute Gasteiger partial charge is 0.115 e. The average molecular weight is 220 g/mol. The third-order valence-corrected chi connectivity index (χ3v) is 3.27. The van der Waals surface area contributed by atoms with Gasteiger partial charge in [-0.2, -0.15) is 5.26 Å². The summed E-state index contributed by atoms with van der Waals surface area (Å²) in [6.07, 6.45) is 3.56. The number of nitrogens with zero attached hydrogens (tertiary/aromatic N) is 1. The minimum absolute atomic E-state index is 0.179. The third kappa shape index (κ3) is 2.15. The predicted octanol–water partition coefficient (Wildman–Crippen LogP) is 1.43. The van der Waals surface area contributed by atoms with Crippen molar-refractivity contribution in [3.63, 3.8) is 0 Å². The van der Waals surface area contributed by atoms with Crippen molar-refractivity contribution in [3.8, 4) is 6.07 Å². The van der Waals surface area contributed by atoms with Crippen LogP contribution in [0.3, 0.4) is 0 Å². The van der Waals surface area contributed by atoms with Crippen LogP contribution in [0.25, 0.3) is 0 Å². The van der Waals surface area contributed by atoms with Crippen molar-refractivity contribution < 1.29 is 4.55 Å². The Labute approximate surface area is 92.4 Å². The topological polar surface area (TPSA) is 58.9 Å². The zero-order valence-electron chi connectivity index (χ0n) is 8.49. The quantitative estimate of drug-likeness (QED) is 0.767. The van der Waals surface area contributed by atoms with E-state index in [9.17, 15) is 4.55 Å². The first-order valence-corrected chi connectivity index (χ1v) is 6.39. The molecule has 2 rings (SSSR count). The highest BCUT2D eigenvalue weighted by Crippen LogP contribution is 2.31. The van der Waals surface area contributed by atoms with Crippen molar-refractivity contribution in [2.75, 3.05) is 6.26 Å². The summed E-state index contributed by atoms with van der Waals surface area (Å²) >= 11 is -0.985. The maximum atomic E-state index is 11.1. The number of rotatable bonds is 2. The second-order valence-corrected chi connectivity index (χ2v) is 4.83. The fourth-order valence-corrected chi connectivity index (χ4v) is 2.66. The summed E-state index contributed by atoms with van der Waals surface area (Å²) in [4.78, 5) is 0. The van der Waals surface area contributed by atoms with Gasteiger partial charge in [-0.3, -0.25) is 0 Å². The minimum Gasteiger partial charge on any atom is -0.598 e. The van der Waals surface area contributed by atoms with Crippen molar-refractivity contribution in [3.05, 3.63) is 34.9 Å². The molecule has 0 fully saturated rings. The van der Waals surface area contributed by atoms with Crippen LogP contribution in [0.2, 0.25) is 0 Å². The Bertz CT molecular complexity index is 412. The van der Waals surface area contributed by atoms with E-state index in [4.69, 9.17) is 5.26 Å². The predicted molar refractivity (Wildman–Crippen MR) is 59.4 cm³/mol. The van der Waals surface area contributed by atoms with Gasteiger partial charge in [0.1, 0.15) is 6.26 Å². The zero-order chi connectivity index (χ0) is 10.8. The fourth-order valence-electron chi connectivity index (χ4n) is 2.01. The molecule has 0 radical (unpaired) electrons. The molecule has 1 aliphatic carbocycles. The molecule has 4 heteroatoms. The second kappa shape index (κ2) is 4.23. The summed E-state index contributed by atoms with van der Waals surface area (Å²) in [7, 11) is 0. The Balaban J connectivity index is 2.25. The van der Waals surface area contributed by atoms with E-state index in [-0.39, 0.29) is 6.04 Å². The van der Waals surface area contributed by atoms with Gasteiger partial charge in [0.05, 0.1) is 17.7 Å². The van der Waals surface area contributed by atoms with Gasteiger partial charge in [-0.1, -0.05) is 6.07 Å². The van der Waals surface area contributed by atoms with Crippen molar-refractivity contribution in [2.24, 2.45) is 0 Å². The van der Waals surface area contributed by atoms with Gasteiger partial charge < -0.3 is 4.55 Å². The molecule has 2 atom stereocenters. The lowest BCUT2D eigenvalue weighted by atomic mass is 10.1. The van der Waals surface area contributed by atoms with E-state index in [2.05, 4.69) is 10.8 Å². The van der Waals surface area contributed by atoms with E-state index in [1.54, 1.807) is 6.26 Å². The first-order chi connectivity index (χ1) is 7.20. The summed E-state index contributed by atoms with van der Waals surface area (Å²) in [5.74, 6) is 0. The number of nitriles is 1. The highest BCUT2D eigenvalue weighted by atomic mass is 32.2. The van der Waals surface area contributed by atoms with Gasteiger partial charge in [-0.15, -0.1) is 4.72 Å². The van der Waals surface area contributed by atoms with Crippen molar-refractivity contribution in [1.29, 1.82) is 5.26 Å². The number of hydrogen-bond acceptors (Lipinski definition) is 3. The molecule has 3 nitrogen and oxygen atoms in total. The monoisotopic (exact) mass is 220 g/mol. The molecule has 1 aliphatic rings. The Morgan fingerprint density at radius 1 is 1.60 bits per heavy atom. The molecular formula is C11H12N2OS. The van der Waals surface area contributed by atoms with E-state index in [0.29, 0.717) is 5.56 Å². The molecule has 0 saturated carbocycles. The first-order valence-electron chi connectivity index (χ1n) is 4.83. The molecule has 0 bridgehead atoms. The Kier molecular flexibility index (Phi) is 2.96. The average Bonchev–Trinajstić information content (AvgIpc) is 2.60. The van der Waals surface area contributed by atoms with Gasteiger partial charge in [0.2, 0.25) is 0 Å². The largest absolute Gasteiger partial charge is 0.598 e. The van der Waals surface area contributed by atoms with Crippen molar-refractivity contribution in [2.45, 2.75) is 18.9 Å². The number of hydrogen-bond donors (Lipinski definition) is 1. The molecule has 1 aromatic carbocycles. The minimum atomic E-state index is -0.985. The maximum Gasteiger partial charge on any atom is 0.115 e. The van der Waals surface area contributed by atoms with Gasteiger partial charge >= 0.3 is 0 Å². The van der Waals surface area contributed by atoms with Gasteiger partial charge in [0, 0.05) is 11.4 Å². The Morgan fingerprint density at radius 2 is 2.40 bits per heavy atom. The van der Waals surface area contributed by atoms with E-state index in [1.165, 1.54) is 11.1 Å². The van der Waals surface area contributed by atoms with E-state index in [0.717, 1.165) is 12.8 Å². The lowest BCUT2D eigenvalue weighted by molar-refractivity contribution is 0.559. The molecule has 0 saturated heterocycles. The zero-order valence-corrected chi connectivity index (χ0v) is 9.30. The van der Waals surface area contributed by atoms with Gasteiger partial charge in [0.15, 0.2) is 0 Å². The van der Waals surface area contributed by atoms with E-state index >= 15 is 0 Å². The van der Waals surface area contributed by atoms with Crippen LogP contribution in [-0.4, -0.2) is 10.8 Å². The van der Waals surface area contributed by atoms with Crippen molar-refractivity contribution >= 4 is 11.4 Å². The lowest BCUT2D eigenvalue weighted by Gasteiger charge is -2.13. The fraction of sp³-hybridized carbons (Fsp3) is 0.364. The van der Waals surface area contributed by atoms with Crippen LogP contribution in [0.5, 0.6) is 0 Å². The highest BCUT2D eigenvalue weighted by Gasteiger charge is 2.25. The molecule has 78 valence electrons. The Hall–Kier alpha value is -1.02. The van der Waals surface area contributed by atoms with Gasteiger partial charge in [-0.25, -0.2) is 0 Å². The summed E-state index contributed by atoms with van der Waals surface area (Å²) in [6.45, 7) is 0. The summed E-state index contributed by atoms with van der Waals surface area (Å²) < 4.78 is 14.1. The molecule has 0 aliphatic heterocycles. The van der Waals surface area contributed by atoms with Crippen LogP contribution in [0.4, 0.5) is 0 Å². The standard InChI is InChI=1S/C11H12N2OS/c1-15(14)13-11-5-3-9-6-8(7-12)2-4-10(9)11/h2,4,6,11,13H,3,5H2,1H3/t11-,15?/m1/s1. The van der Waals surface area contributed by atoms with Crippen LogP contribution in [-0.2, 0) is 17.8 Å². The van der Waals surface area contributed by atoms with Gasteiger partial charge in [-0.05, 0) is 36.1 Å². The first kappa shape index (κ1) is 10.5. The maximum absolute atomic E-state index is 11.1. The third-order valence-electron chi connectivity index (χ3n) is 2.66. The lowest BCUT2D eigenvalue weighted by Crippen LogP contribution is -2.25. The number of aryl methyl sites for hydroxylation is 1. The molecule has 0 aromatic heterocycles. The molecule has 1 aromatic rings. The van der Waals surface area contributed by atoms with E-state index in [1.807, 2.05) is 18.2 Å². The molecular weight excluding hydrogens is 208 g/mol. The normalized spacial score (nSPS) is 20.7. The van der Waals surface area contributed by atoms with Crippen LogP contribution in [0.15, 0.2) is 18.2 Å². The summed E-state index contributed by atoms with van der Waals surface area (Å²) in [5.41, 5.74) is 3.09. The molecule has 1 unspecified atom stereocenters. The second-order valence-electron chi connectivity index (χ2n) is 3.69. The van der Waals surface area contributed by atoms with Crippen LogP contribution >= 0.6 is 0 Å². The van der Waals surface area contributed by atoms with E-state index < -0.39 is 11.4 Å². The van der Waals surface area contributed by atoms with Crippen LogP contribution in [0.1, 0.15) is 29.2 Å². The van der Waals surface area contributed by atoms with Crippen LogP contribution in [0, 0.1) is 11.3 Å². The summed E-state index contributed by atoms with van der Waals surface area (Å²) in [5, 5.41) is 8.77. The van der Waals surface area contributed by atoms with Crippen molar-refractivity contribution in [1.82, 2.24) is 4.72 Å². The Morgan fingerprint density at radius 3 is 3.07 bits per heavy atom.